The minimum absolute atomic E-state index is 0.158. The summed E-state index contributed by atoms with van der Waals surface area (Å²) < 4.78 is 1.08. The second-order valence-electron chi connectivity index (χ2n) is 5.25. The van der Waals surface area contributed by atoms with E-state index >= 15 is 0 Å². The number of anilines is 1. The van der Waals surface area contributed by atoms with Gasteiger partial charge in [-0.3, -0.25) is 9.89 Å². The van der Waals surface area contributed by atoms with Crippen LogP contribution >= 0.6 is 11.3 Å². The molecule has 0 aliphatic carbocycles. The number of carbonyl (C=O) groups excluding carboxylic acids is 1. The highest BCUT2D eigenvalue weighted by Gasteiger charge is 2.12. The Balaban J connectivity index is 1.87. The van der Waals surface area contributed by atoms with Crippen LogP contribution in [0.3, 0.4) is 0 Å². The van der Waals surface area contributed by atoms with Gasteiger partial charge in [0.05, 0.1) is 27.0 Å². The Labute approximate surface area is 126 Å². The standard InChI is InChI=1S/C15H16N4OS/c1-8(2)15-18-12-5-4-10(6-13(12)21-15)17-14(20)11-7-16-19-9(11)3/h4-8H,1-3H3,(H,16,19)(H,17,20). The average Bonchev–Trinajstić information content (AvgIpc) is 3.04. The molecule has 0 fully saturated rings. The van der Waals surface area contributed by atoms with E-state index in [1.54, 1.807) is 11.3 Å². The molecule has 1 aromatic carbocycles. The maximum atomic E-state index is 12.2. The summed E-state index contributed by atoms with van der Waals surface area (Å²) in [7, 11) is 0. The fourth-order valence-electron chi connectivity index (χ4n) is 2.05. The van der Waals surface area contributed by atoms with E-state index in [0.717, 1.165) is 26.6 Å². The number of benzene rings is 1. The van der Waals surface area contributed by atoms with Crippen LogP contribution < -0.4 is 5.32 Å². The monoisotopic (exact) mass is 300 g/mol. The first kappa shape index (κ1) is 13.8. The number of nitrogens with one attached hydrogen (secondary N) is 2. The van der Waals surface area contributed by atoms with Crippen molar-refractivity contribution in [2.24, 2.45) is 0 Å². The number of H-pyrrole nitrogens is 1. The number of rotatable bonds is 3. The number of hydrogen-bond donors (Lipinski definition) is 2. The van der Waals surface area contributed by atoms with Crippen LogP contribution in [0.2, 0.25) is 0 Å². The molecule has 2 aromatic heterocycles. The van der Waals surface area contributed by atoms with Gasteiger partial charge in [-0.2, -0.15) is 5.10 Å². The largest absolute Gasteiger partial charge is 0.322 e. The molecule has 0 saturated heterocycles. The predicted molar refractivity (Wildman–Crippen MR) is 85.0 cm³/mol. The third-order valence-corrected chi connectivity index (χ3v) is 4.55. The summed E-state index contributed by atoms with van der Waals surface area (Å²) in [4.78, 5) is 16.7. The Kier molecular flexibility index (Phi) is 3.47. The smallest absolute Gasteiger partial charge is 0.259 e. The molecule has 2 N–H and O–H groups in total. The lowest BCUT2D eigenvalue weighted by Crippen LogP contribution is -2.12. The highest BCUT2D eigenvalue weighted by atomic mass is 32.1. The molecule has 0 saturated carbocycles. The topological polar surface area (TPSA) is 70.7 Å². The maximum absolute atomic E-state index is 12.2. The molecule has 0 aliphatic rings. The van der Waals surface area contributed by atoms with E-state index in [1.165, 1.54) is 6.20 Å². The normalized spacial score (nSPS) is 11.2. The lowest BCUT2D eigenvalue weighted by molar-refractivity contribution is 0.102. The van der Waals surface area contributed by atoms with Crippen LogP contribution in [0, 0.1) is 6.92 Å². The van der Waals surface area contributed by atoms with Crippen molar-refractivity contribution in [3.63, 3.8) is 0 Å². The molecular formula is C15H16N4OS. The highest BCUT2D eigenvalue weighted by molar-refractivity contribution is 7.18. The van der Waals surface area contributed by atoms with Crippen molar-refractivity contribution in [3.8, 4) is 0 Å². The van der Waals surface area contributed by atoms with E-state index in [2.05, 4.69) is 34.3 Å². The van der Waals surface area contributed by atoms with Crippen LogP contribution in [0.15, 0.2) is 24.4 Å². The van der Waals surface area contributed by atoms with Gasteiger partial charge in [0.15, 0.2) is 0 Å². The van der Waals surface area contributed by atoms with Crippen molar-refractivity contribution in [1.82, 2.24) is 15.2 Å². The molecule has 0 unspecified atom stereocenters. The second kappa shape index (κ2) is 5.29. The van der Waals surface area contributed by atoms with Gasteiger partial charge in [-0.25, -0.2) is 4.98 Å². The van der Waals surface area contributed by atoms with E-state index in [0.29, 0.717) is 11.5 Å². The number of aryl methyl sites for hydroxylation is 1. The van der Waals surface area contributed by atoms with Crippen molar-refractivity contribution < 1.29 is 4.79 Å². The number of aromatic nitrogens is 3. The van der Waals surface area contributed by atoms with Crippen molar-refractivity contribution in [2.75, 3.05) is 5.32 Å². The third kappa shape index (κ3) is 2.67. The zero-order chi connectivity index (χ0) is 15.0. The second-order valence-corrected chi connectivity index (χ2v) is 6.31. The Morgan fingerprint density at radius 2 is 2.19 bits per heavy atom. The molecule has 0 spiro atoms. The summed E-state index contributed by atoms with van der Waals surface area (Å²) in [6.07, 6.45) is 1.53. The summed E-state index contributed by atoms with van der Waals surface area (Å²) in [6, 6.07) is 5.78. The van der Waals surface area contributed by atoms with Crippen LogP contribution in [-0.4, -0.2) is 21.1 Å². The minimum Gasteiger partial charge on any atom is -0.322 e. The van der Waals surface area contributed by atoms with Crippen LogP contribution in [0.25, 0.3) is 10.2 Å². The van der Waals surface area contributed by atoms with Crippen molar-refractivity contribution in [1.29, 1.82) is 0 Å². The maximum Gasteiger partial charge on any atom is 0.259 e. The van der Waals surface area contributed by atoms with Gasteiger partial charge in [0, 0.05) is 17.3 Å². The summed E-state index contributed by atoms with van der Waals surface area (Å²) in [5.41, 5.74) is 3.06. The van der Waals surface area contributed by atoms with Gasteiger partial charge in [0.2, 0.25) is 0 Å². The fraction of sp³-hybridized carbons (Fsp3) is 0.267. The van der Waals surface area contributed by atoms with Gasteiger partial charge < -0.3 is 5.32 Å². The number of aromatic amines is 1. The first-order valence-electron chi connectivity index (χ1n) is 6.76. The first-order valence-corrected chi connectivity index (χ1v) is 7.58. The summed E-state index contributed by atoms with van der Waals surface area (Å²) in [6.45, 7) is 6.08. The number of carbonyl (C=O) groups is 1. The lowest BCUT2D eigenvalue weighted by atomic mass is 10.2. The Hall–Kier alpha value is -2.21. The van der Waals surface area contributed by atoms with Crippen LogP contribution in [-0.2, 0) is 0 Å². The minimum atomic E-state index is -0.158. The van der Waals surface area contributed by atoms with E-state index in [1.807, 2.05) is 25.1 Å². The molecule has 0 radical (unpaired) electrons. The number of thiazole rings is 1. The molecule has 0 atom stereocenters. The van der Waals surface area contributed by atoms with Gasteiger partial charge >= 0.3 is 0 Å². The highest BCUT2D eigenvalue weighted by Crippen LogP contribution is 2.29. The molecule has 21 heavy (non-hydrogen) atoms. The Morgan fingerprint density at radius 3 is 2.86 bits per heavy atom. The zero-order valence-electron chi connectivity index (χ0n) is 12.1. The Morgan fingerprint density at radius 1 is 1.38 bits per heavy atom. The molecular weight excluding hydrogens is 284 g/mol. The molecule has 3 aromatic rings. The van der Waals surface area contributed by atoms with E-state index in [-0.39, 0.29) is 5.91 Å². The van der Waals surface area contributed by atoms with Crippen molar-refractivity contribution >= 4 is 33.1 Å². The molecule has 3 rings (SSSR count). The van der Waals surface area contributed by atoms with Gasteiger partial charge in [-0.1, -0.05) is 13.8 Å². The molecule has 1 amide bonds. The van der Waals surface area contributed by atoms with Crippen LogP contribution in [0.4, 0.5) is 5.69 Å². The van der Waals surface area contributed by atoms with Crippen LogP contribution in [0.5, 0.6) is 0 Å². The quantitative estimate of drug-likeness (QED) is 0.774. The summed E-state index contributed by atoms with van der Waals surface area (Å²) in [5, 5.41) is 10.6. The van der Waals surface area contributed by atoms with Crippen molar-refractivity contribution in [2.45, 2.75) is 26.7 Å². The SMILES string of the molecule is Cc1[nH]ncc1C(=O)Nc1ccc2nc(C(C)C)sc2c1. The van der Waals surface area contributed by atoms with Gasteiger partial charge in [0.1, 0.15) is 0 Å². The average molecular weight is 300 g/mol. The van der Waals surface area contributed by atoms with E-state index < -0.39 is 0 Å². The number of amides is 1. The number of fused-ring (bicyclic) bond motifs is 1. The number of nitrogens with zero attached hydrogens (tertiary/aromatic N) is 2. The molecule has 5 nitrogen and oxygen atoms in total. The molecule has 108 valence electrons. The molecule has 0 bridgehead atoms. The Bertz CT molecular complexity index is 803. The van der Waals surface area contributed by atoms with Crippen LogP contribution in [0.1, 0.15) is 40.8 Å². The fourth-order valence-corrected chi connectivity index (χ4v) is 3.05. The molecule has 2 heterocycles. The third-order valence-electron chi connectivity index (χ3n) is 3.23. The van der Waals surface area contributed by atoms with Gasteiger partial charge in [-0.15, -0.1) is 11.3 Å². The van der Waals surface area contributed by atoms with Crippen molar-refractivity contribution in [3.05, 3.63) is 40.7 Å². The van der Waals surface area contributed by atoms with E-state index in [9.17, 15) is 4.79 Å². The molecule has 0 aliphatic heterocycles. The number of hydrogen-bond acceptors (Lipinski definition) is 4. The van der Waals surface area contributed by atoms with E-state index in [4.69, 9.17) is 0 Å². The lowest BCUT2D eigenvalue weighted by Gasteiger charge is -2.04. The zero-order valence-corrected chi connectivity index (χ0v) is 12.9. The summed E-state index contributed by atoms with van der Waals surface area (Å²) >= 11 is 1.67. The first-order chi connectivity index (χ1) is 10.0. The van der Waals surface area contributed by atoms with Gasteiger partial charge in [0.25, 0.3) is 5.91 Å². The predicted octanol–water partition coefficient (Wildman–Crippen LogP) is 3.70. The summed E-state index contributed by atoms with van der Waals surface area (Å²) in [5.74, 6) is 0.253. The molecule has 6 heteroatoms. The van der Waals surface area contributed by atoms with Gasteiger partial charge in [-0.05, 0) is 25.1 Å².